The van der Waals surface area contributed by atoms with Crippen LogP contribution in [-0.2, 0) is 0 Å². The van der Waals surface area contributed by atoms with Gasteiger partial charge in [-0.05, 0) is 56.6 Å². The summed E-state index contributed by atoms with van der Waals surface area (Å²) in [5.74, 6) is 0.233. The second-order valence-corrected chi connectivity index (χ2v) is 8.32. The van der Waals surface area contributed by atoms with Crippen molar-refractivity contribution in [2.45, 2.75) is 31.7 Å². The van der Waals surface area contributed by atoms with Gasteiger partial charge < -0.3 is 21.3 Å². The quantitative estimate of drug-likeness (QED) is 0.492. The number of hydrogen-bond acceptors (Lipinski definition) is 3. The lowest BCUT2D eigenvalue weighted by Gasteiger charge is -2.20. The number of anilines is 1. The Morgan fingerprint density at radius 2 is 1.97 bits per heavy atom. The molecule has 0 spiro atoms. The van der Waals surface area contributed by atoms with Crippen LogP contribution < -0.4 is 21.3 Å². The molecule has 0 radical (unpaired) electrons. The van der Waals surface area contributed by atoms with E-state index in [9.17, 15) is 4.79 Å². The van der Waals surface area contributed by atoms with E-state index in [0.717, 1.165) is 26.1 Å². The number of carbonyl (C=O) groups is 1. The molecule has 0 saturated carbocycles. The monoisotopic (exact) mass is 434 g/mol. The number of halogens is 2. The number of carbonyl (C=O) groups excluding carboxylic acids is 1. The third kappa shape index (κ3) is 6.89. The standard InChI is InChI=1S/C22H28Cl2N4O/c1-15-2-4-16(5-3-15)17(8-11-26-19-9-10-25-14-19)13-27-22(29)28-18-6-7-20(23)21(24)12-18/h2-7,12,17,19,25-26H,8-11,13-14H2,1H3,(H2,27,28,29). The van der Waals surface area contributed by atoms with Gasteiger partial charge in [0, 0.05) is 30.7 Å². The lowest BCUT2D eigenvalue weighted by molar-refractivity contribution is 0.251. The van der Waals surface area contributed by atoms with Crippen molar-refractivity contribution in [2.24, 2.45) is 0 Å². The van der Waals surface area contributed by atoms with Gasteiger partial charge in [-0.15, -0.1) is 0 Å². The molecule has 1 aliphatic heterocycles. The molecular formula is C22H28Cl2N4O. The van der Waals surface area contributed by atoms with Crippen LogP contribution in [0.25, 0.3) is 0 Å². The van der Waals surface area contributed by atoms with E-state index in [2.05, 4.69) is 52.5 Å². The van der Waals surface area contributed by atoms with Crippen LogP contribution in [0.15, 0.2) is 42.5 Å². The smallest absolute Gasteiger partial charge is 0.319 e. The molecule has 2 aromatic carbocycles. The van der Waals surface area contributed by atoms with Gasteiger partial charge in [-0.2, -0.15) is 0 Å². The van der Waals surface area contributed by atoms with Crippen LogP contribution in [0, 0.1) is 6.92 Å². The van der Waals surface area contributed by atoms with Gasteiger partial charge in [0.25, 0.3) is 0 Å². The normalized spacial score (nSPS) is 17.1. The van der Waals surface area contributed by atoms with Crippen molar-refractivity contribution < 1.29 is 4.79 Å². The first-order chi connectivity index (χ1) is 14.0. The summed E-state index contributed by atoms with van der Waals surface area (Å²) in [6.07, 6.45) is 2.12. The third-order valence-electron chi connectivity index (χ3n) is 5.22. The minimum Gasteiger partial charge on any atom is -0.337 e. The van der Waals surface area contributed by atoms with E-state index in [4.69, 9.17) is 23.2 Å². The Bertz CT molecular complexity index is 807. The van der Waals surface area contributed by atoms with E-state index < -0.39 is 0 Å². The minimum atomic E-state index is -0.256. The Labute approximate surface area is 182 Å². The molecule has 2 unspecified atom stereocenters. The summed E-state index contributed by atoms with van der Waals surface area (Å²) in [6, 6.07) is 13.8. The molecule has 0 bridgehead atoms. The maximum absolute atomic E-state index is 12.4. The van der Waals surface area contributed by atoms with Crippen LogP contribution >= 0.6 is 23.2 Å². The lowest BCUT2D eigenvalue weighted by atomic mass is 9.94. The largest absolute Gasteiger partial charge is 0.337 e. The first-order valence-electron chi connectivity index (χ1n) is 10.0. The molecule has 1 heterocycles. The summed E-state index contributed by atoms with van der Waals surface area (Å²) in [4.78, 5) is 12.4. The first kappa shape index (κ1) is 21.9. The van der Waals surface area contributed by atoms with Crippen molar-refractivity contribution in [3.05, 3.63) is 63.6 Å². The summed E-state index contributed by atoms with van der Waals surface area (Å²) in [5.41, 5.74) is 3.07. The predicted octanol–water partition coefficient (Wildman–Crippen LogP) is 4.55. The van der Waals surface area contributed by atoms with Gasteiger partial charge in [-0.25, -0.2) is 4.79 Å². The Kier molecular flexibility index (Phi) is 8.19. The van der Waals surface area contributed by atoms with E-state index in [0.29, 0.717) is 28.3 Å². The average molecular weight is 435 g/mol. The summed E-state index contributed by atoms with van der Waals surface area (Å²) in [6.45, 7) is 5.66. The highest BCUT2D eigenvalue weighted by Gasteiger charge is 2.17. The third-order valence-corrected chi connectivity index (χ3v) is 5.96. The summed E-state index contributed by atoms with van der Waals surface area (Å²) in [5, 5.41) is 13.7. The van der Waals surface area contributed by atoms with Gasteiger partial charge in [0.05, 0.1) is 10.0 Å². The zero-order valence-corrected chi connectivity index (χ0v) is 18.1. The molecule has 0 aromatic heterocycles. The Morgan fingerprint density at radius 3 is 2.66 bits per heavy atom. The molecule has 0 aliphatic carbocycles. The minimum absolute atomic E-state index is 0.233. The summed E-state index contributed by atoms with van der Waals surface area (Å²) in [7, 11) is 0. The zero-order valence-electron chi connectivity index (χ0n) is 16.6. The Balaban J connectivity index is 1.55. The molecule has 156 valence electrons. The van der Waals surface area contributed by atoms with Crippen molar-refractivity contribution in [3.63, 3.8) is 0 Å². The number of nitrogens with one attached hydrogen (secondary N) is 4. The van der Waals surface area contributed by atoms with Crippen LogP contribution in [0.5, 0.6) is 0 Å². The number of aryl methyl sites for hydroxylation is 1. The van der Waals surface area contributed by atoms with Gasteiger partial charge in [0.15, 0.2) is 0 Å². The highest BCUT2D eigenvalue weighted by molar-refractivity contribution is 6.42. The molecule has 5 nitrogen and oxygen atoms in total. The molecule has 29 heavy (non-hydrogen) atoms. The van der Waals surface area contributed by atoms with E-state index in [1.165, 1.54) is 17.5 Å². The summed E-state index contributed by atoms with van der Waals surface area (Å²) >= 11 is 11.9. The Morgan fingerprint density at radius 1 is 1.17 bits per heavy atom. The highest BCUT2D eigenvalue weighted by Crippen LogP contribution is 2.25. The van der Waals surface area contributed by atoms with Crippen molar-refractivity contribution >= 4 is 34.9 Å². The van der Waals surface area contributed by atoms with Gasteiger partial charge in [-0.3, -0.25) is 0 Å². The molecule has 2 atom stereocenters. The maximum Gasteiger partial charge on any atom is 0.319 e. The van der Waals surface area contributed by atoms with Crippen LogP contribution in [-0.4, -0.2) is 38.3 Å². The number of hydrogen-bond donors (Lipinski definition) is 4. The average Bonchev–Trinajstić information content (AvgIpc) is 3.22. The number of rotatable bonds is 8. The fourth-order valence-corrected chi connectivity index (χ4v) is 3.78. The van der Waals surface area contributed by atoms with E-state index >= 15 is 0 Å². The van der Waals surface area contributed by atoms with Gasteiger partial charge in [0.1, 0.15) is 0 Å². The number of benzene rings is 2. The van der Waals surface area contributed by atoms with Crippen molar-refractivity contribution in [1.82, 2.24) is 16.0 Å². The molecule has 3 rings (SSSR count). The van der Waals surface area contributed by atoms with Crippen LogP contribution in [0.4, 0.5) is 10.5 Å². The van der Waals surface area contributed by atoms with Crippen LogP contribution in [0.3, 0.4) is 0 Å². The van der Waals surface area contributed by atoms with Gasteiger partial charge >= 0.3 is 6.03 Å². The molecule has 1 saturated heterocycles. The van der Waals surface area contributed by atoms with Crippen molar-refractivity contribution in [3.8, 4) is 0 Å². The highest BCUT2D eigenvalue weighted by atomic mass is 35.5. The molecular weight excluding hydrogens is 407 g/mol. The van der Waals surface area contributed by atoms with Crippen molar-refractivity contribution in [1.29, 1.82) is 0 Å². The molecule has 2 aromatic rings. The van der Waals surface area contributed by atoms with E-state index in [1.807, 2.05) is 0 Å². The van der Waals surface area contributed by atoms with Crippen LogP contribution in [0.1, 0.15) is 29.9 Å². The second kappa shape index (κ2) is 10.8. The number of urea groups is 1. The van der Waals surface area contributed by atoms with Gasteiger partial charge in [-0.1, -0.05) is 53.0 Å². The second-order valence-electron chi connectivity index (χ2n) is 7.50. The fourth-order valence-electron chi connectivity index (χ4n) is 3.48. The number of amides is 2. The molecule has 2 amide bonds. The maximum atomic E-state index is 12.4. The SMILES string of the molecule is Cc1ccc(C(CCNC2CCNC2)CNC(=O)Nc2ccc(Cl)c(Cl)c2)cc1. The molecule has 7 heteroatoms. The molecule has 4 N–H and O–H groups in total. The molecule has 1 fully saturated rings. The Hall–Kier alpha value is -1.79. The van der Waals surface area contributed by atoms with E-state index in [-0.39, 0.29) is 11.9 Å². The first-order valence-corrected chi connectivity index (χ1v) is 10.8. The van der Waals surface area contributed by atoms with Gasteiger partial charge in [0.2, 0.25) is 0 Å². The topological polar surface area (TPSA) is 65.2 Å². The zero-order chi connectivity index (χ0) is 20.6. The van der Waals surface area contributed by atoms with Crippen molar-refractivity contribution in [2.75, 3.05) is 31.5 Å². The molecule has 1 aliphatic rings. The fraction of sp³-hybridized carbons (Fsp3) is 0.409. The predicted molar refractivity (Wildman–Crippen MR) is 121 cm³/mol. The summed E-state index contributed by atoms with van der Waals surface area (Å²) < 4.78 is 0. The van der Waals surface area contributed by atoms with Crippen LogP contribution in [0.2, 0.25) is 10.0 Å². The lowest BCUT2D eigenvalue weighted by Crippen LogP contribution is -2.35. The van der Waals surface area contributed by atoms with E-state index in [1.54, 1.807) is 18.2 Å².